The largest absolute Gasteiger partial charge is 0.418 e. The van der Waals surface area contributed by atoms with Crippen LogP contribution in [-0.2, 0) is 11.0 Å². The summed E-state index contributed by atoms with van der Waals surface area (Å²) >= 11 is 0. The van der Waals surface area contributed by atoms with E-state index in [4.69, 9.17) is 11.0 Å². The van der Waals surface area contributed by atoms with Crippen LogP contribution in [0, 0.1) is 11.3 Å². The molecule has 3 N–H and O–H groups in total. The van der Waals surface area contributed by atoms with Crippen molar-refractivity contribution in [2.24, 2.45) is 5.73 Å². The van der Waals surface area contributed by atoms with Gasteiger partial charge in [-0.05, 0) is 31.0 Å². The molecule has 0 aliphatic carbocycles. The SMILES string of the molecule is N#Cc1ccc(C(F)(F)F)c(N2CCCC(O)(CC(N)=O)C2)c1. The molecule has 0 radical (unpaired) electrons. The summed E-state index contributed by atoms with van der Waals surface area (Å²) in [5, 5.41) is 19.3. The van der Waals surface area contributed by atoms with Crippen molar-refractivity contribution in [1.29, 1.82) is 5.26 Å². The highest BCUT2D eigenvalue weighted by molar-refractivity contribution is 5.75. The molecular formula is C15H16F3N3O2. The fourth-order valence-corrected chi connectivity index (χ4v) is 2.89. The second kappa shape index (κ2) is 6.08. The molecule has 0 spiro atoms. The highest BCUT2D eigenvalue weighted by Gasteiger charge is 2.39. The number of β-amino-alcohol motifs (C(OH)–C–C–N with tert-alkyl or cyclic N) is 1. The third-order valence-electron chi connectivity index (χ3n) is 3.83. The monoisotopic (exact) mass is 327 g/mol. The van der Waals surface area contributed by atoms with Gasteiger partial charge in [-0.1, -0.05) is 0 Å². The molecule has 1 heterocycles. The van der Waals surface area contributed by atoms with Gasteiger partial charge in [0.15, 0.2) is 0 Å². The topological polar surface area (TPSA) is 90.3 Å². The van der Waals surface area contributed by atoms with Crippen LogP contribution >= 0.6 is 0 Å². The van der Waals surface area contributed by atoms with E-state index in [1.54, 1.807) is 0 Å². The molecule has 2 rings (SSSR count). The second-order valence-corrected chi connectivity index (χ2v) is 5.73. The molecule has 1 unspecified atom stereocenters. The Bertz CT molecular complexity index is 654. The van der Waals surface area contributed by atoms with E-state index in [2.05, 4.69) is 0 Å². The predicted octanol–water partition coefficient (Wildman–Crippen LogP) is 1.78. The first-order valence-electron chi connectivity index (χ1n) is 7.02. The smallest absolute Gasteiger partial charge is 0.388 e. The van der Waals surface area contributed by atoms with E-state index in [1.165, 1.54) is 4.90 Å². The van der Waals surface area contributed by atoms with E-state index in [9.17, 15) is 23.1 Å². The molecule has 1 atom stereocenters. The number of halogens is 3. The van der Waals surface area contributed by atoms with Crippen LogP contribution in [0.5, 0.6) is 0 Å². The zero-order chi connectivity index (χ0) is 17.3. The molecule has 23 heavy (non-hydrogen) atoms. The molecule has 1 saturated heterocycles. The van der Waals surface area contributed by atoms with Crippen molar-refractivity contribution in [2.75, 3.05) is 18.0 Å². The van der Waals surface area contributed by atoms with Gasteiger partial charge in [0, 0.05) is 13.1 Å². The first-order chi connectivity index (χ1) is 10.6. The molecule has 124 valence electrons. The normalized spacial score (nSPS) is 21.8. The van der Waals surface area contributed by atoms with Gasteiger partial charge in [0.05, 0.1) is 34.9 Å². The van der Waals surface area contributed by atoms with Crippen molar-refractivity contribution in [1.82, 2.24) is 0 Å². The van der Waals surface area contributed by atoms with Gasteiger partial charge in [0.1, 0.15) is 0 Å². The fourth-order valence-electron chi connectivity index (χ4n) is 2.89. The summed E-state index contributed by atoms with van der Waals surface area (Å²) in [4.78, 5) is 12.4. The van der Waals surface area contributed by atoms with Crippen molar-refractivity contribution in [3.8, 4) is 6.07 Å². The lowest BCUT2D eigenvalue weighted by Crippen LogP contribution is -2.50. The minimum Gasteiger partial charge on any atom is -0.388 e. The van der Waals surface area contributed by atoms with Crippen molar-refractivity contribution in [2.45, 2.75) is 31.0 Å². The minimum absolute atomic E-state index is 0.0945. The second-order valence-electron chi connectivity index (χ2n) is 5.73. The maximum Gasteiger partial charge on any atom is 0.418 e. The molecule has 0 bridgehead atoms. The Morgan fingerprint density at radius 2 is 2.17 bits per heavy atom. The van der Waals surface area contributed by atoms with Gasteiger partial charge in [-0.15, -0.1) is 0 Å². The first-order valence-corrected chi connectivity index (χ1v) is 7.02. The van der Waals surface area contributed by atoms with Crippen LogP contribution in [0.2, 0.25) is 0 Å². The van der Waals surface area contributed by atoms with E-state index in [1.807, 2.05) is 6.07 Å². The van der Waals surface area contributed by atoms with Gasteiger partial charge < -0.3 is 15.7 Å². The third-order valence-corrected chi connectivity index (χ3v) is 3.83. The number of hydrogen-bond donors (Lipinski definition) is 2. The van der Waals surface area contributed by atoms with E-state index in [0.717, 1.165) is 18.2 Å². The number of primary amides is 1. The number of aliphatic hydroxyl groups is 1. The summed E-state index contributed by atoms with van der Waals surface area (Å²) < 4.78 is 39.6. The number of hydrogen-bond acceptors (Lipinski definition) is 4. The van der Waals surface area contributed by atoms with Gasteiger partial charge in [-0.25, -0.2) is 0 Å². The number of nitrogens with two attached hydrogens (primary N) is 1. The first kappa shape index (κ1) is 17.1. The van der Waals surface area contributed by atoms with Crippen molar-refractivity contribution >= 4 is 11.6 Å². The number of carbonyl (C=O) groups excluding carboxylic acids is 1. The minimum atomic E-state index is -4.58. The van der Waals surface area contributed by atoms with Crippen LogP contribution in [0.15, 0.2) is 18.2 Å². The van der Waals surface area contributed by atoms with Crippen LogP contribution in [0.3, 0.4) is 0 Å². The van der Waals surface area contributed by atoms with Crippen molar-refractivity contribution in [3.63, 3.8) is 0 Å². The lowest BCUT2D eigenvalue weighted by Gasteiger charge is -2.40. The fraction of sp³-hybridized carbons (Fsp3) is 0.467. The highest BCUT2D eigenvalue weighted by Crippen LogP contribution is 2.39. The molecule has 1 amide bonds. The predicted molar refractivity (Wildman–Crippen MR) is 76.4 cm³/mol. The average Bonchev–Trinajstić information content (AvgIpc) is 2.44. The molecule has 1 aliphatic heterocycles. The summed E-state index contributed by atoms with van der Waals surface area (Å²) in [5.41, 5.74) is 2.69. The van der Waals surface area contributed by atoms with E-state index in [0.29, 0.717) is 13.0 Å². The number of rotatable bonds is 3. The highest BCUT2D eigenvalue weighted by atomic mass is 19.4. The molecule has 1 aromatic carbocycles. The molecular weight excluding hydrogens is 311 g/mol. The number of carbonyl (C=O) groups is 1. The number of anilines is 1. The average molecular weight is 327 g/mol. The van der Waals surface area contributed by atoms with Crippen LogP contribution < -0.4 is 10.6 Å². The Kier molecular flexibility index (Phi) is 4.52. The molecule has 1 aliphatic rings. The maximum absolute atomic E-state index is 13.2. The van der Waals surface area contributed by atoms with E-state index < -0.39 is 23.2 Å². The number of nitrogens with zero attached hydrogens (tertiary/aromatic N) is 2. The summed E-state index contributed by atoms with van der Waals surface area (Å²) in [6.45, 7) is 0.146. The Labute approximate surface area is 131 Å². The maximum atomic E-state index is 13.2. The zero-order valence-corrected chi connectivity index (χ0v) is 12.2. The Hall–Kier alpha value is -2.27. The van der Waals surface area contributed by atoms with Crippen molar-refractivity contribution < 1.29 is 23.1 Å². The van der Waals surface area contributed by atoms with Gasteiger partial charge in [0.2, 0.25) is 5.91 Å². The van der Waals surface area contributed by atoms with Crippen LogP contribution in [0.4, 0.5) is 18.9 Å². The summed E-state index contributed by atoms with van der Waals surface area (Å²) in [6.07, 6.45) is -4.20. The van der Waals surface area contributed by atoms with Crippen LogP contribution in [-0.4, -0.2) is 29.7 Å². The van der Waals surface area contributed by atoms with E-state index >= 15 is 0 Å². The number of amides is 1. The van der Waals surface area contributed by atoms with Crippen molar-refractivity contribution in [3.05, 3.63) is 29.3 Å². The zero-order valence-electron chi connectivity index (χ0n) is 12.2. The van der Waals surface area contributed by atoms with Crippen LogP contribution in [0.25, 0.3) is 0 Å². The third kappa shape index (κ3) is 3.93. The summed E-state index contributed by atoms with van der Waals surface area (Å²) in [6, 6.07) is 4.92. The Balaban J connectivity index is 2.40. The van der Waals surface area contributed by atoms with E-state index in [-0.39, 0.29) is 30.6 Å². The molecule has 1 fully saturated rings. The number of benzene rings is 1. The Morgan fingerprint density at radius 1 is 1.48 bits per heavy atom. The number of piperidine rings is 1. The van der Waals surface area contributed by atoms with Gasteiger partial charge in [-0.3, -0.25) is 4.79 Å². The quantitative estimate of drug-likeness (QED) is 0.885. The molecule has 5 nitrogen and oxygen atoms in total. The number of nitriles is 1. The van der Waals surface area contributed by atoms with Crippen LogP contribution in [0.1, 0.15) is 30.4 Å². The number of alkyl halides is 3. The van der Waals surface area contributed by atoms with Gasteiger partial charge in [0.25, 0.3) is 0 Å². The summed E-state index contributed by atoms with van der Waals surface area (Å²) in [5.74, 6) is -0.712. The lowest BCUT2D eigenvalue weighted by molar-refractivity contribution is -0.137. The standard InChI is InChI=1S/C15H16F3N3O2/c16-15(17,18)11-3-2-10(8-19)6-12(11)21-5-1-4-14(23,9-21)7-13(20)22/h2-3,6,23H,1,4-5,7,9H2,(H2,20,22). The molecule has 1 aromatic rings. The van der Waals surface area contributed by atoms with Gasteiger partial charge in [-0.2, -0.15) is 18.4 Å². The molecule has 0 aromatic heterocycles. The lowest BCUT2D eigenvalue weighted by atomic mass is 9.88. The summed E-state index contributed by atoms with van der Waals surface area (Å²) in [7, 11) is 0. The van der Waals surface area contributed by atoms with Gasteiger partial charge >= 0.3 is 6.18 Å². The molecule has 0 saturated carbocycles. The Morgan fingerprint density at radius 3 is 2.74 bits per heavy atom. The molecule has 8 heteroatoms.